The molecule has 0 radical (unpaired) electrons. The largest absolute Gasteiger partial charge is 0.249 e. The van der Waals surface area contributed by atoms with Crippen LogP contribution in [0.25, 0.3) is 0 Å². The summed E-state index contributed by atoms with van der Waals surface area (Å²) in [6.45, 7) is 0. The Hall–Kier alpha value is -2.04. The first-order valence-electron chi connectivity index (χ1n) is 11.3. The standard InChI is InChI=1S/C12H14ClN3OS.C12H14ClN3S/c1-18(17,16-8-14)11-4-2-3-10(11)9-5-6-12(13)15-7-9;1-17(16-8-14)11-4-2-3-10(11)9-5-6-12(13)15-7-9/h5-7,10-11H,2-4H2,1H3;5-7,10-11H,2-4H2,1H3/t10-,11-,18?;10-,11-,17?/m11/s1. The summed E-state index contributed by atoms with van der Waals surface area (Å²) in [4.78, 5) is 8.20. The van der Waals surface area contributed by atoms with Crippen molar-refractivity contribution in [2.75, 3.05) is 12.5 Å². The molecule has 0 amide bonds. The summed E-state index contributed by atoms with van der Waals surface area (Å²) in [6.07, 6.45) is 17.1. The van der Waals surface area contributed by atoms with Crippen molar-refractivity contribution in [1.29, 1.82) is 10.5 Å². The predicted molar refractivity (Wildman–Crippen MR) is 143 cm³/mol. The minimum atomic E-state index is -2.46. The van der Waals surface area contributed by atoms with Crippen LogP contribution in [0.15, 0.2) is 45.4 Å². The highest BCUT2D eigenvalue weighted by molar-refractivity contribution is 7.93. The van der Waals surface area contributed by atoms with E-state index in [0.29, 0.717) is 21.5 Å². The van der Waals surface area contributed by atoms with Gasteiger partial charge in [-0.25, -0.2) is 14.2 Å². The molecule has 7 nitrogen and oxygen atoms in total. The summed E-state index contributed by atoms with van der Waals surface area (Å²) in [5.41, 5.74) is 2.26. The highest BCUT2D eigenvalue weighted by Gasteiger charge is 2.35. The molecule has 0 spiro atoms. The summed E-state index contributed by atoms with van der Waals surface area (Å²) < 4.78 is 20.0. The second kappa shape index (κ2) is 12.8. The van der Waals surface area contributed by atoms with Crippen LogP contribution in [0.4, 0.5) is 0 Å². The van der Waals surface area contributed by atoms with E-state index in [0.717, 1.165) is 37.7 Å². The van der Waals surface area contributed by atoms with E-state index in [2.05, 4.69) is 24.9 Å². The average molecular weight is 552 g/mol. The van der Waals surface area contributed by atoms with Crippen molar-refractivity contribution in [2.24, 2.45) is 8.73 Å². The van der Waals surface area contributed by atoms with E-state index in [1.807, 2.05) is 30.6 Å². The van der Waals surface area contributed by atoms with Gasteiger partial charge in [0.2, 0.25) is 12.4 Å². The Labute approximate surface area is 220 Å². The number of nitrogens with zero attached hydrogens (tertiary/aromatic N) is 6. The van der Waals surface area contributed by atoms with Gasteiger partial charge < -0.3 is 0 Å². The maximum absolute atomic E-state index is 12.4. The van der Waals surface area contributed by atoms with Gasteiger partial charge in [-0.1, -0.05) is 58.9 Å². The molecule has 2 aromatic rings. The number of hydrogen-bond donors (Lipinski definition) is 0. The Bertz CT molecular complexity index is 1240. The zero-order chi connectivity index (χ0) is 25.4. The zero-order valence-corrected chi connectivity index (χ0v) is 22.8. The van der Waals surface area contributed by atoms with Crippen LogP contribution in [-0.2, 0) is 20.4 Å². The summed E-state index contributed by atoms with van der Waals surface area (Å²) in [5.74, 6) is 0.634. The second-order valence-electron chi connectivity index (χ2n) is 8.75. The summed E-state index contributed by atoms with van der Waals surface area (Å²) >= 11 is 11.6. The Morgan fingerprint density at radius 2 is 1.51 bits per heavy atom. The number of nitriles is 2. The fourth-order valence-electron chi connectivity index (χ4n) is 5.04. The van der Waals surface area contributed by atoms with Crippen LogP contribution in [0.5, 0.6) is 0 Å². The van der Waals surface area contributed by atoms with Gasteiger partial charge in [0.1, 0.15) is 10.3 Å². The molecule has 2 unspecified atom stereocenters. The lowest BCUT2D eigenvalue weighted by molar-refractivity contribution is 0.649. The lowest BCUT2D eigenvalue weighted by atomic mass is 9.99. The average Bonchev–Trinajstić information content (AvgIpc) is 3.51. The minimum absolute atomic E-state index is 0.0693. The molecule has 4 rings (SSSR count). The van der Waals surface area contributed by atoms with E-state index < -0.39 is 9.73 Å². The normalized spacial score (nSPS) is 26.0. The zero-order valence-electron chi connectivity index (χ0n) is 19.7. The van der Waals surface area contributed by atoms with Crippen molar-refractivity contribution in [3.05, 3.63) is 58.1 Å². The van der Waals surface area contributed by atoms with Crippen LogP contribution in [0.2, 0.25) is 10.3 Å². The predicted octanol–water partition coefficient (Wildman–Crippen LogP) is 6.23. The molecule has 2 aliphatic carbocycles. The van der Waals surface area contributed by atoms with E-state index in [1.165, 1.54) is 12.0 Å². The van der Waals surface area contributed by atoms with E-state index in [-0.39, 0.29) is 21.9 Å². The maximum Gasteiger partial charge on any atom is 0.214 e. The molecular formula is C24H28Cl2N6OS2. The van der Waals surface area contributed by atoms with E-state index in [9.17, 15) is 4.21 Å². The molecule has 6 atom stereocenters. The smallest absolute Gasteiger partial charge is 0.214 e. The van der Waals surface area contributed by atoms with E-state index >= 15 is 0 Å². The molecule has 0 saturated heterocycles. The number of pyridine rings is 2. The Morgan fingerprint density at radius 1 is 0.943 bits per heavy atom. The molecule has 0 aliphatic heterocycles. The summed E-state index contributed by atoms with van der Waals surface area (Å²) in [5, 5.41) is 18.7. The molecule has 2 aliphatic rings. The molecule has 2 fully saturated rings. The Morgan fingerprint density at radius 3 is 2.06 bits per heavy atom. The third-order valence-electron chi connectivity index (χ3n) is 6.67. The molecule has 35 heavy (non-hydrogen) atoms. The van der Waals surface area contributed by atoms with Gasteiger partial charge in [0.25, 0.3) is 0 Å². The van der Waals surface area contributed by atoms with Crippen LogP contribution in [0.1, 0.15) is 61.5 Å². The molecule has 0 N–H and O–H groups in total. The number of aromatic nitrogens is 2. The van der Waals surface area contributed by atoms with Crippen LogP contribution >= 0.6 is 23.2 Å². The molecule has 186 valence electrons. The van der Waals surface area contributed by atoms with Gasteiger partial charge in [0, 0.05) is 29.8 Å². The van der Waals surface area contributed by atoms with Gasteiger partial charge in [-0.3, -0.25) is 0 Å². The molecule has 2 heterocycles. The third kappa shape index (κ3) is 7.24. The van der Waals surface area contributed by atoms with Crippen molar-refractivity contribution in [3.63, 3.8) is 0 Å². The van der Waals surface area contributed by atoms with Gasteiger partial charge >= 0.3 is 0 Å². The lowest BCUT2D eigenvalue weighted by Gasteiger charge is -2.20. The minimum Gasteiger partial charge on any atom is -0.249 e. The van der Waals surface area contributed by atoms with Gasteiger partial charge in [-0.05, 0) is 61.1 Å². The van der Waals surface area contributed by atoms with Crippen molar-refractivity contribution >= 4 is 43.6 Å². The maximum atomic E-state index is 12.4. The van der Waals surface area contributed by atoms with Gasteiger partial charge in [0.15, 0.2) is 0 Å². The fourth-order valence-corrected chi connectivity index (χ4v) is 8.61. The summed E-state index contributed by atoms with van der Waals surface area (Å²) in [7, 11) is -2.64. The van der Waals surface area contributed by atoms with Crippen molar-refractivity contribution < 1.29 is 4.21 Å². The monoisotopic (exact) mass is 550 g/mol. The van der Waals surface area contributed by atoms with E-state index in [4.69, 9.17) is 33.7 Å². The van der Waals surface area contributed by atoms with Crippen molar-refractivity contribution in [2.45, 2.75) is 60.9 Å². The number of halogens is 2. The lowest BCUT2D eigenvalue weighted by Crippen LogP contribution is -2.22. The first-order chi connectivity index (χ1) is 16.8. The Kier molecular flexibility index (Phi) is 10.1. The van der Waals surface area contributed by atoms with E-state index in [1.54, 1.807) is 24.7 Å². The first kappa shape index (κ1) is 27.5. The number of rotatable bonds is 4. The highest BCUT2D eigenvalue weighted by atomic mass is 35.5. The van der Waals surface area contributed by atoms with Crippen LogP contribution in [-0.4, -0.2) is 37.2 Å². The van der Waals surface area contributed by atoms with Gasteiger partial charge in [-0.15, -0.1) is 4.36 Å². The van der Waals surface area contributed by atoms with Crippen molar-refractivity contribution in [1.82, 2.24) is 9.97 Å². The first-order valence-corrected chi connectivity index (χ1v) is 15.7. The van der Waals surface area contributed by atoms with Gasteiger partial charge in [0.05, 0.1) is 15.0 Å². The van der Waals surface area contributed by atoms with Crippen molar-refractivity contribution in [3.8, 4) is 12.4 Å². The van der Waals surface area contributed by atoms with Crippen LogP contribution in [0.3, 0.4) is 0 Å². The molecule has 0 bridgehead atoms. The topological polar surface area (TPSA) is 115 Å². The Balaban J connectivity index is 0.000000196. The van der Waals surface area contributed by atoms with Gasteiger partial charge in [-0.2, -0.15) is 14.9 Å². The summed E-state index contributed by atoms with van der Waals surface area (Å²) in [6, 6.07) is 7.54. The van der Waals surface area contributed by atoms with Crippen LogP contribution < -0.4 is 0 Å². The second-order valence-corrected chi connectivity index (χ2v) is 13.9. The third-order valence-corrected chi connectivity index (χ3v) is 11.1. The highest BCUT2D eigenvalue weighted by Crippen LogP contribution is 2.39. The molecule has 2 saturated carbocycles. The molecule has 0 aromatic carbocycles. The quantitative estimate of drug-likeness (QED) is 0.330. The van der Waals surface area contributed by atoms with Crippen LogP contribution in [0, 0.1) is 22.9 Å². The number of hydrogen-bond acceptors (Lipinski definition) is 7. The molecular weight excluding hydrogens is 523 g/mol. The molecule has 2 aromatic heterocycles. The SMILES string of the molecule is CS(=NC#N)[C@@H]1CCC[C@@H]1c1ccc(Cl)nc1.CS(=O)(=NC#N)[C@@H]1CCC[C@@H]1c1ccc(Cl)nc1. The molecule has 11 heteroatoms. The fraction of sp³-hybridized carbons (Fsp3) is 0.500.